The minimum absolute atomic E-state index is 0.0171. The molecule has 156 valence electrons. The molecule has 0 bridgehead atoms. The van der Waals surface area contributed by atoms with E-state index in [1.54, 1.807) is 42.5 Å². The van der Waals surface area contributed by atoms with E-state index >= 15 is 0 Å². The lowest BCUT2D eigenvalue weighted by Gasteiger charge is -2.31. The van der Waals surface area contributed by atoms with Crippen molar-refractivity contribution < 1.29 is 9.53 Å². The predicted octanol–water partition coefficient (Wildman–Crippen LogP) is 2.21. The molecule has 0 aliphatic carbocycles. The van der Waals surface area contributed by atoms with Gasteiger partial charge in [0.05, 0.1) is 46.9 Å². The monoisotopic (exact) mass is 428 g/mol. The second-order valence-corrected chi connectivity index (χ2v) is 7.38. The van der Waals surface area contributed by atoms with Gasteiger partial charge < -0.3 is 15.0 Å². The number of aromatic nitrogens is 2. The van der Waals surface area contributed by atoms with Crippen LogP contribution >= 0.6 is 11.6 Å². The highest BCUT2D eigenvalue weighted by Crippen LogP contribution is 2.34. The molecule has 1 aromatic heterocycles. The number of H-pyrrole nitrogens is 1. The maximum absolute atomic E-state index is 12.6. The fraction of sp³-hybridized carbons (Fsp3) is 0.286. The highest BCUT2D eigenvalue weighted by molar-refractivity contribution is 6.34. The fourth-order valence-corrected chi connectivity index (χ4v) is 3.85. The summed E-state index contributed by atoms with van der Waals surface area (Å²) in [5.74, 6) is -0.285. The van der Waals surface area contributed by atoms with Crippen LogP contribution in [0, 0.1) is 0 Å². The molecule has 8 nitrogen and oxygen atoms in total. The minimum Gasteiger partial charge on any atom is -0.378 e. The second kappa shape index (κ2) is 8.73. The SMILES string of the molecule is O=C(CCn1[nH]c(=O)c2ccccc2c1=O)Nc1cccc(Cl)c1N1CCOCC1. The van der Waals surface area contributed by atoms with E-state index in [0.717, 1.165) is 5.69 Å². The maximum atomic E-state index is 12.6. The van der Waals surface area contributed by atoms with Crippen molar-refractivity contribution in [3.8, 4) is 0 Å². The molecule has 0 radical (unpaired) electrons. The van der Waals surface area contributed by atoms with Crippen molar-refractivity contribution in [2.24, 2.45) is 0 Å². The van der Waals surface area contributed by atoms with Gasteiger partial charge in [-0.05, 0) is 24.3 Å². The lowest BCUT2D eigenvalue weighted by atomic mass is 10.2. The van der Waals surface area contributed by atoms with E-state index in [1.807, 2.05) is 0 Å². The number of benzene rings is 2. The number of hydrogen-bond acceptors (Lipinski definition) is 5. The summed E-state index contributed by atoms with van der Waals surface area (Å²) in [6.45, 7) is 2.60. The van der Waals surface area contributed by atoms with Crippen LogP contribution in [0.5, 0.6) is 0 Å². The van der Waals surface area contributed by atoms with E-state index < -0.39 is 0 Å². The molecule has 2 heterocycles. The smallest absolute Gasteiger partial charge is 0.273 e. The topological polar surface area (TPSA) is 96.4 Å². The minimum atomic E-state index is -0.366. The summed E-state index contributed by atoms with van der Waals surface area (Å²) in [5, 5.41) is 6.61. The first kappa shape index (κ1) is 20.2. The average Bonchev–Trinajstić information content (AvgIpc) is 2.76. The van der Waals surface area contributed by atoms with E-state index in [4.69, 9.17) is 16.3 Å². The van der Waals surface area contributed by atoms with Crippen LogP contribution in [0.1, 0.15) is 6.42 Å². The molecule has 0 spiro atoms. The van der Waals surface area contributed by atoms with E-state index in [-0.39, 0.29) is 30.0 Å². The number of carbonyl (C=O) groups is 1. The van der Waals surface area contributed by atoms with Crippen molar-refractivity contribution in [1.82, 2.24) is 9.78 Å². The van der Waals surface area contributed by atoms with Gasteiger partial charge in [-0.15, -0.1) is 0 Å². The number of rotatable bonds is 5. The van der Waals surface area contributed by atoms with E-state index in [2.05, 4.69) is 15.3 Å². The molecule has 30 heavy (non-hydrogen) atoms. The summed E-state index contributed by atoms with van der Waals surface area (Å²) in [6.07, 6.45) is 0.0171. The Morgan fingerprint density at radius 2 is 1.80 bits per heavy atom. The molecule has 1 saturated heterocycles. The standard InChI is InChI=1S/C21H21ClN4O4/c22-16-6-3-7-17(19(16)25-10-12-30-13-11-25)23-18(27)8-9-26-21(29)15-5-2-1-4-14(15)20(28)24-26/h1-7H,8-13H2,(H,23,27)(H,24,28). The summed E-state index contributed by atoms with van der Waals surface area (Å²) in [6, 6.07) is 11.9. The molecule has 2 aromatic carbocycles. The van der Waals surface area contributed by atoms with Gasteiger partial charge in [0.15, 0.2) is 0 Å². The third-order valence-corrected chi connectivity index (χ3v) is 5.34. The van der Waals surface area contributed by atoms with Gasteiger partial charge >= 0.3 is 0 Å². The number of aromatic amines is 1. The van der Waals surface area contributed by atoms with E-state index in [0.29, 0.717) is 47.8 Å². The Hall–Kier alpha value is -3.10. The van der Waals surface area contributed by atoms with Crippen molar-refractivity contribution in [3.63, 3.8) is 0 Å². The summed E-state index contributed by atoms with van der Waals surface area (Å²) in [4.78, 5) is 39.4. The largest absolute Gasteiger partial charge is 0.378 e. The van der Waals surface area contributed by atoms with Crippen LogP contribution in [0.2, 0.25) is 5.02 Å². The molecule has 0 saturated carbocycles. The van der Waals surface area contributed by atoms with Gasteiger partial charge in [0.25, 0.3) is 11.1 Å². The predicted molar refractivity (Wildman–Crippen MR) is 117 cm³/mol. The van der Waals surface area contributed by atoms with E-state index in [9.17, 15) is 14.4 Å². The normalized spacial score (nSPS) is 14.1. The first-order valence-corrected chi connectivity index (χ1v) is 10.1. The van der Waals surface area contributed by atoms with Crippen LogP contribution in [-0.2, 0) is 16.1 Å². The van der Waals surface area contributed by atoms with Crippen molar-refractivity contribution in [3.05, 3.63) is 68.2 Å². The number of halogens is 1. The first-order chi connectivity index (χ1) is 14.5. The summed E-state index contributed by atoms with van der Waals surface area (Å²) >= 11 is 6.39. The number of nitrogens with one attached hydrogen (secondary N) is 2. The highest BCUT2D eigenvalue weighted by atomic mass is 35.5. The van der Waals surface area contributed by atoms with Gasteiger partial charge in [-0.1, -0.05) is 29.8 Å². The number of aryl methyl sites for hydroxylation is 1. The number of hydrogen-bond donors (Lipinski definition) is 2. The third kappa shape index (κ3) is 4.10. The van der Waals surface area contributed by atoms with Crippen LogP contribution in [-0.4, -0.2) is 42.0 Å². The third-order valence-electron chi connectivity index (χ3n) is 5.03. The number of fused-ring (bicyclic) bond motifs is 1. The molecule has 1 aliphatic heterocycles. The highest BCUT2D eigenvalue weighted by Gasteiger charge is 2.19. The molecule has 4 rings (SSSR count). The van der Waals surface area contributed by atoms with Crippen LogP contribution in [0.25, 0.3) is 10.8 Å². The zero-order valence-electron chi connectivity index (χ0n) is 16.2. The lowest BCUT2D eigenvalue weighted by molar-refractivity contribution is -0.116. The van der Waals surface area contributed by atoms with Crippen LogP contribution in [0.15, 0.2) is 52.1 Å². The molecule has 1 amide bonds. The number of amides is 1. The quantitative estimate of drug-likeness (QED) is 0.649. The van der Waals surface area contributed by atoms with Gasteiger partial charge in [0.2, 0.25) is 5.91 Å². The molecular formula is C21H21ClN4O4. The number of anilines is 2. The number of nitrogens with zero attached hydrogens (tertiary/aromatic N) is 2. The molecule has 1 aliphatic rings. The number of ether oxygens (including phenoxy) is 1. The zero-order chi connectivity index (χ0) is 21.1. The van der Waals surface area contributed by atoms with Crippen LogP contribution in [0.4, 0.5) is 11.4 Å². The Bertz CT molecular complexity index is 1200. The molecule has 2 N–H and O–H groups in total. The van der Waals surface area contributed by atoms with Crippen molar-refractivity contribution in [2.75, 3.05) is 36.5 Å². The van der Waals surface area contributed by atoms with Crippen molar-refractivity contribution >= 4 is 39.7 Å². The van der Waals surface area contributed by atoms with Gasteiger partial charge in [-0.3, -0.25) is 19.5 Å². The molecule has 3 aromatic rings. The average molecular weight is 429 g/mol. The van der Waals surface area contributed by atoms with Crippen LogP contribution in [0.3, 0.4) is 0 Å². The molecule has 0 unspecified atom stereocenters. The van der Waals surface area contributed by atoms with Crippen molar-refractivity contribution in [2.45, 2.75) is 13.0 Å². The zero-order valence-corrected chi connectivity index (χ0v) is 16.9. The van der Waals surface area contributed by atoms with Gasteiger partial charge in [-0.25, -0.2) is 4.68 Å². The van der Waals surface area contributed by atoms with E-state index in [1.165, 1.54) is 4.68 Å². The van der Waals surface area contributed by atoms with Gasteiger partial charge in [0, 0.05) is 19.5 Å². The first-order valence-electron chi connectivity index (χ1n) is 9.67. The number of carbonyl (C=O) groups excluding carboxylic acids is 1. The number of morpholine rings is 1. The maximum Gasteiger partial charge on any atom is 0.273 e. The van der Waals surface area contributed by atoms with Crippen molar-refractivity contribution in [1.29, 1.82) is 0 Å². The Kier molecular flexibility index (Phi) is 5.87. The fourth-order valence-electron chi connectivity index (χ4n) is 3.55. The summed E-state index contributed by atoms with van der Waals surface area (Å²) in [5.41, 5.74) is 0.658. The Morgan fingerprint density at radius 1 is 1.07 bits per heavy atom. The summed E-state index contributed by atoms with van der Waals surface area (Å²) < 4.78 is 6.56. The van der Waals surface area contributed by atoms with Gasteiger partial charge in [-0.2, -0.15) is 0 Å². The number of para-hydroxylation sites is 1. The molecular weight excluding hydrogens is 408 g/mol. The summed E-state index contributed by atoms with van der Waals surface area (Å²) in [7, 11) is 0. The lowest BCUT2D eigenvalue weighted by Crippen LogP contribution is -2.37. The molecule has 1 fully saturated rings. The Morgan fingerprint density at radius 3 is 2.57 bits per heavy atom. The van der Waals surface area contributed by atoms with Crippen LogP contribution < -0.4 is 21.3 Å². The second-order valence-electron chi connectivity index (χ2n) is 6.98. The molecule has 9 heteroatoms. The Labute approximate surface area is 177 Å². The molecule has 0 atom stereocenters. The van der Waals surface area contributed by atoms with Gasteiger partial charge in [0.1, 0.15) is 0 Å². The Balaban J connectivity index is 1.51.